The minimum atomic E-state index is -3.68. The number of morpholine rings is 1. The Morgan fingerprint density at radius 2 is 1.79 bits per heavy atom. The van der Waals surface area contributed by atoms with Crippen LogP contribution < -0.4 is 10.2 Å². The average Bonchev–Trinajstić information content (AvgIpc) is 2.73. The van der Waals surface area contributed by atoms with E-state index in [1.807, 2.05) is 13.8 Å². The van der Waals surface area contributed by atoms with Gasteiger partial charge in [0.05, 0.1) is 29.3 Å². The molecule has 1 N–H and O–H groups in total. The van der Waals surface area contributed by atoms with Gasteiger partial charge in [-0.05, 0) is 62.6 Å². The van der Waals surface area contributed by atoms with Crippen LogP contribution in [0.2, 0.25) is 0 Å². The number of anilines is 2. The molecule has 2 aliphatic heterocycles. The van der Waals surface area contributed by atoms with Crippen molar-refractivity contribution < 1.29 is 26.7 Å². The van der Waals surface area contributed by atoms with Crippen molar-refractivity contribution in [2.45, 2.75) is 43.8 Å². The largest absolute Gasteiger partial charge is 0.373 e. The van der Waals surface area contributed by atoms with Crippen LogP contribution in [0.4, 0.5) is 20.2 Å². The number of ether oxygens (including phenoxy) is 1. The Hall–Kier alpha value is -2.56. The van der Waals surface area contributed by atoms with E-state index in [2.05, 4.69) is 5.32 Å². The fraction of sp³-hybridized carbons (Fsp3) is 0.435. The molecule has 33 heavy (non-hydrogen) atoms. The highest BCUT2D eigenvalue weighted by Crippen LogP contribution is 2.31. The number of nitrogens with zero attached hydrogens (tertiary/aromatic N) is 2. The Kier molecular flexibility index (Phi) is 6.69. The molecule has 4 rings (SSSR count). The van der Waals surface area contributed by atoms with E-state index in [0.717, 1.165) is 6.07 Å². The predicted molar refractivity (Wildman–Crippen MR) is 121 cm³/mol. The van der Waals surface area contributed by atoms with Gasteiger partial charge < -0.3 is 15.0 Å². The van der Waals surface area contributed by atoms with Crippen LogP contribution in [0.15, 0.2) is 41.3 Å². The Labute approximate surface area is 192 Å². The van der Waals surface area contributed by atoms with Crippen molar-refractivity contribution in [2.24, 2.45) is 0 Å². The van der Waals surface area contributed by atoms with E-state index < -0.39 is 21.7 Å². The lowest BCUT2D eigenvalue weighted by atomic mass is 10.0. The first-order valence-corrected chi connectivity index (χ1v) is 12.4. The number of nitrogens with one attached hydrogen (secondary N) is 1. The van der Waals surface area contributed by atoms with Crippen molar-refractivity contribution >= 4 is 27.3 Å². The van der Waals surface area contributed by atoms with Gasteiger partial charge in [0.25, 0.3) is 0 Å². The maximum absolute atomic E-state index is 14.3. The summed E-state index contributed by atoms with van der Waals surface area (Å²) in [4.78, 5) is 14.3. The summed E-state index contributed by atoms with van der Waals surface area (Å²) < 4.78 is 60.8. The van der Waals surface area contributed by atoms with Crippen molar-refractivity contribution in [1.29, 1.82) is 0 Å². The summed E-state index contributed by atoms with van der Waals surface area (Å²) in [6, 6.07) is 8.08. The molecular formula is C23H27F2N3O4S. The molecule has 0 aromatic heterocycles. The topological polar surface area (TPSA) is 79.0 Å². The third-order valence-electron chi connectivity index (χ3n) is 5.79. The summed E-state index contributed by atoms with van der Waals surface area (Å²) in [5.74, 6) is -1.69. The lowest BCUT2D eigenvalue weighted by Gasteiger charge is -2.34. The van der Waals surface area contributed by atoms with Gasteiger partial charge in [-0.25, -0.2) is 17.2 Å². The lowest BCUT2D eigenvalue weighted by molar-refractivity contribution is -0.115. The standard InChI is InChI=1S/C23H27F2N3O4S/c1-15-12-28(13-16(2)32-15)33(30,31)20-7-5-19(6-8-20)26-22(29)14-27-9-3-4-17-10-18(24)11-21(25)23(17)27/h5-8,10-11,15-16H,3-4,9,12-14H2,1-2H3,(H,26,29). The number of hydrogen-bond donors (Lipinski definition) is 1. The fourth-order valence-corrected chi connectivity index (χ4v) is 6.04. The van der Waals surface area contributed by atoms with Crippen molar-refractivity contribution in [3.63, 3.8) is 0 Å². The number of carbonyl (C=O) groups excluding carboxylic acids is 1. The summed E-state index contributed by atoms with van der Waals surface area (Å²) in [6.45, 7) is 4.61. The van der Waals surface area contributed by atoms with E-state index >= 15 is 0 Å². The van der Waals surface area contributed by atoms with Gasteiger partial charge in [-0.3, -0.25) is 4.79 Å². The molecule has 0 saturated carbocycles. The molecule has 2 aromatic carbocycles. The third-order valence-corrected chi connectivity index (χ3v) is 7.64. The van der Waals surface area contributed by atoms with E-state index in [9.17, 15) is 22.0 Å². The number of hydrogen-bond acceptors (Lipinski definition) is 5. The highest BCUT2D eigenvalue weighted by molar-refractivity contribution is 7.89. The average molecular weight is 480 g/mol. The molecule has 2 atom stereocenters. The van der Waals surface area contributed by atoms with Gasteiger partial charge in [-0.1, -0.05) is 0 Å². The predicted octanol–water partition coefficient (Wildman–Crippen LogP) is 3.15. The molecule has 0 radical (unpaired) electrons. The molecule has 2 aliphatic rings. The van der Waals surface area contributed by atoms with Crippen LogP contribution in [0.25, 0.3) is 0 Å². The second-order valence-electron chi connectivity index (χ2n) is 8.57. The monoisotopic (exact) mass is 479 g/mol. The van der Waals surface area contributed by atoms with E-state index in [4.69, 9.17) is 4.74 Å². The summed E-state index contributed by atoms with van der Waals surface area (Å²) >= 11 is 0. The Balaban J connectivity index is 1.42. The first-order valence-electron chi connectivity index (χ1n) is 10.9. The molecule has 1 fully saturated rings. The highest BCUT2D eigenvalue weighted by atomic mass is 32.2. The first-order chi connectivity index (χ1) is 15.6. The zero-order valence-electron chi connectivity index (χ0n) is 18.6. The summed E-state index contributed by atoms with van der Waals surface area (Å²) in [7, 11) is -3.68. The van der Waals surface area contributed by atoms with Crippen LogP contribution in [-0.4, -0.2) is 57.0 Å². The van der Waals surface area contributed by atoms with E-state index in [-0.39, 0.29) is 48.3 Å². The Bertz CT molecular complexity index is 1130. The quantitative estimate of drug-likeness (QED) is 0.713. The number of rotatable bonds is 5. The van der Waals surface area contributed by atoms with Crippen molar-refractivity contribution in [3.8, 4) is 0 Å². The van der Waals surface area contributed by atoms with E-state index in [1.54, 1.807) is 4.90 Å². The molecule has 7 nitrogen and oxygen atoms in total. The number of aryl methyl sites for hydroxylation is 1. The number of benzene rings is 2. The van der Waals surface area contributed by atoms with Crippen molar-refractivity contribution in [1.82, 2.24) is 4.31 Å². The second kappa shape index (κ2) is 9.36. The number of halogens is 2. The summed E-state index contributed by atoms with van der Waals surface area (Å²) in [5.41, 5.74) is 1.24. The van der Waals surface area contributed by atoms with Crippen molar-refractivity contribution in [2.75, 3.05) is 36.4 Å². The van der Waals surface area contributed by atoms with Crippen LogP contribution in [0, 0.1) is 11.6 Å². The zero-order valence-corrected chi connectivity index (χ0v) is 19.4. The van der Waals surface area contributed by atoms with Gasteiger partial charge in [-0.15, -0.1) is 0 Å². The summed E-state index contributed by atoms with van der Waals surface area (Å²) in [5, 5.41) is 2.72. The fourth-order valence-electron chi connectivity index (χ4n) is 4.45. The maximum Gasteiger partial charge on any atom is 0.243 e. The van der Waals surface area contributed by atoms with E-state index in [0.29, 0.717) is 30.6 Å². The second-order valence-corrected chi connectivity index (χ2v) is 10.5. The molecular weight excluding hydrogens is 452 g/mol. The van der Waals surface area contributed by atoms with Gasteiger partial charge >= 0.3 is 0 Å². The maximum atomic E-state index is 14.3. The molecule has 2 unspecified atom stereocenters. The molecule has 0 aliphatic carbocycles. The summed E-state index contributed by atoms with van der Waals surface area (Å²) in [6.07, 6.45) is 0.861. The van der Waals surface area contributed by atoms with Crippen LogP contribution in [-0.2, 0) is 26.0 Å². The molecule has 1 saturated heterocycles. The third kappa shape index (κ3) is 5.18. The van der Waals surface area contributed by atoms with Crippen LogP contribution in [0.5, 0.6) is 0 Å². The Morgan fingerprint density at radius 1 is 1.12 bits per heavy atom. The molecule has 2 aromatic rings. The number of amides is 1. The van der Waals surface area contributed by atoms with Crippen LogP contribution >= 0.6 is 0 Å². The lowest BCUT2D eigenvalue weighted by Crippen LogP contribution is -2.48. The van der Waals surface area contributed by atoms with Gasteiger partial charge in [-0.2, -0.15) is 4.31 Å². The number of carbonyl (C=O) groups is 1. The Morgan fingerprint density at radius 3 is 2.45 bits per heavy atom. The van der Waals surface area contributed by atoms with Gasteiger partial charge in [0, 0.05) is 31.4 Å². The van der Waals surface area contributed by atoms with Crippen molar-refractivity contribution in [3.05, 3.63) is 53.6 Å². The van der Waals surface area contributed by atoms with Gasteiger partial charge in [0.15, 0.2) is 0 Å². The molecule has 0 bridgehead atoms. The van der Waals surface area contributed by atoms with Gasteiger partial charge in [0.1, 0.15) is 11.6 Å². The molecule has 178 valence electrons. The highest BCUT2D eigenvalue weighted by Gasteiger charge is 2.32. The zero-order chi connectivity index (χ0) is 23.8. The molecule has 0 spiro atoms. The number of sulfonamides is 1. The van der Waals surface area contributed by atoms with Gasteiger partial charge in [0.2, 0.25) is 15.9 Å². The first kappa shape index (κ1) is 23.6. The minimum absolute atomic E-state index is 0.0981. The normalized spacial score (nSPS) is 21.5. The van der Waals surface area contributed by atoms with Crippen LogP contribution in [0.1, 0.15) is 25.8 Å². The molecule has 2 heterocycles. The smallest absolute Gasteiger partial charge is 0.243 e. The number of fused-ring (bicyclic) bond motifs is 1. The molecule has 1 amide bonds. The molecule has 10 heteroatoms. The van der Waals surface area contributed by atoms with Crippen LogP contribution in [0.3, 0.4) is 0 Å². The SMILES string of the molecule is CC1CN(S(=O)(=O)c2ccc(NC(=O)CN3CCCc4cc(F)cc(F)c43)cc2)CC(C)O1. The minimum Gasteiger partial charge on any atom is -0.373 e. The van der Waals surface area contributed by atoms with E-state index in [1.165, 1.54) is 34.6 Å².